The summed E-state index contributed by atoms with van der Waals surface area (Å²) in [6, 6.07) is 11.4. The highest BCUT2D eigenvalue weighted by atomic mass is 35.5. The maximum Gasteiger partial charge on any atom is 0.288 e. The number of pyridine rings is 1. The Balaban J connectivity index is 2.25. The number of nitrogens with zero attached hydrogens (tertiary/aromatic N) is 2. The molecule has 0 bridgehead atoms. The first-order valence-corrected chi connectivity index (χ1v) is 8.43. The quantitative estimate of drug-likeness (QED) is 0.345. The lowest BCUT2D eigenvalue weighted by Crippen LogP contribution is -1.95. The van der Waals surface area contributed by atoms with Crippen molar-refractivity contribution in [1.29, 1.82) is 0 Å². The molecular formula is C17H8Cl4N2O2. The van der Waals surface area contributed by atoms with Crippen molar-refractivity contribution in [2.24, 2.45) is 0 Å². The van der Waals surface area contributed by atoms with Gasteiger partial charge in [0.15, 0.2) is 0 Å². The summed E-state index contributed by atoms with van der Waals surface area (Å²) in [5.41, 5.74) is 2.23. The summed E-state index contributed by atoms with van der Waals surface area (Å²) in [7, 11) is 0. The highest BCUT2D eigenvalue weighted by Gasteiger charge is 2.17. The largest absolute Gasteiger partial charge is 0.288 e. The van der Waals surface area contributed by atoms with Crippen molar-refractivity contribution in [2.75, 3.05) is 0 Å². The number of aromatic nitrogens is 1. The smallest absolute Gasteiger partial charge is 0.258 e. The second kappa shape index (κ2) is 7.18. The molecule has 3 aromatic rings. The normalized spacial score (nSPS) is 10.7. The van der Waals surface area contributed by atoms with E-state index < -0.39 is 4.92 Å². The maximum absolute atomic E-state index is 11.1. The molecule has 0 spiro atoms. The average molecular weight is 414 g/mol. The van der Waals surface area contributed by atoms with E-state index in [1.807, 2.05) is 0 Å². The van der Waals surface area contributed by atoms with Crippen molar-refractivity contribution in [3.8, 4) is 22.4 Å². The van der Waals surface area contributed by atoms with Crippen LogP contribution in [-0.2, 0) is 0 Å². The number of rotatable bonds is 3. The average Bonchev–Trinajstić information content (AvgIpc) is 2.59. The second-order valence-corrected chi connectivity index (χ2v) is 6.73. The number of benzene rings is 2. The van der Waals surface area contributed by atoms with Crippen LogP contribution in [-0.4, -0.2) is 9.91 Å². The molecule has 8 heteroatoms. The monoisotopic (exact) mass is 412 g/mol. The second-order valence-electron chi connectivity index (χ2n) is 5.10. The first-order chi connectivity index (χ1) is 11.9. The maximum atomic E-state index is 11.1. The molecule has 0 fully saturated rings. The molecule has 1 aromatic heterocycles. The van der Waals surface area contributed by atoms with E-state index in [0.29, 0.717) is 42.5 Å². The first kappa shape index (κ1) is 18.0. The predicted molar refractivity (Wildman–Crippen MR) is 102 cm³/mol. The van der Waals surface area contributed by atoms with Crippen molar-refractivity contribution < 1.29 is 4.92 Å². The minimum absolute atomic E-state index is 0.134. The molecule has 0 saturated carbocycles. The van der Waals surface area contributed by atoms with E-state index in [1.54, 1.807) is 36.4 Å². The van der Waals surface area contributed by atoms with Crippen LogP contribution < -0.4 is 0 Å². The molecule has 2 aromatic carbocycles. The molecule has 4 nitrogen and oxygen atoms in total. The van der Waals surface area contributed by atoms with Gasteiger partial charge >= 0.3 is 0 Å². The minimum atomic E-state index is -0.507. The van der Waals surface area contributed by atoms with Crippen LogP contribution in [0.5, 0.6) is 0 Å². The van der Waals surface area contributed by atoms with E-state index in [0.717, 1.165) is 0 Å². The van der Waals surface area contributed by atoms with E-state index in [4.69, 9.17) is 46.4 Å². The third-order valence-electron chi connectivity index (χ3n) is 3.51. The summed E-state index contributed by atoms with van der Waals surface area (Å²) in [6.07, 6.45) is 1.19. The molecular weight excluding hydrogens is 406 g/mol. The standard InChI is InChI=1S/C17H8Cl4N2O2/c18-13-3-1-9(5-15(13)20)12-7-11(23(24)25)8-22-17(12)10-2-4-14(19)16(21)6-10/h1-8H. The van der Waals surface area contributed by atoms with Gasteiger partial charge in [0.25, 0.3) is 5.69 Å². The Bertz CT molecular complexity index is 992. The molecule has 0 saturated heterocycles. The van der Waals surface area contributed by atoms with Gasteiger partial charge in [0, 0.05) is 17.2 Å². The SMILES string of the molecule is O=[N+]([O-])c1cnc(-c2ccc(Cl)c(Cl)c2)c(-c2ccc(Cl)c(Cl)c2)c1. The van der Waals surface area contributed by atoms with Gasteiger partial charge in [-0.05, 0) is 29.8 Å². The third kappa shape index (κ3) is 3.72. The highest BCUT2D eigenvalue weighted by Crippen LogP contribution is 2.37. The number of hydrogen-bond acceptors (Lipinski definition) is 3. The fourth-order valence-electron chi connectivity index (χ4n) is 2.31. The van der Waals surface area contributed by atoms with Gasteiger partial charge in [0.2, 0.25) is 0 Å². The van der Waals surface area contributed by atoms with E-state index in [2.05, 4.69) is 4.98 Å². The van der Waals surface area contributed by atoms with Crippen LogP contribution >= 0.6 is 46.4 Å². The third-order valence-corrected chi connectivity index (χ3v) is 4.99. The fourth-order valence-corrected chi connectivity index (χ4v) is 2.91. The molecule has 0 aliphatic heterocycles. The molecule has 126 valence electrons. The Hall–Kier alpha value is -1.85. The van der Waals surface area contributed by atoms with E-state index >= 15 is 0 Å². The lowest BCUT2D eigenvalue weighted by molar-refractivity contribution is -0.385. The van der Waals surface area contributed by atoms with Gasteiger partial charge in [0.1, 0.15) is 6.20 Å². The van der Waals surface area contributed by atoms with Gasteiger partial charge in [-0.3, -0.25) is 10.1 Å². The van der Waals surface area contributed by atoms with E-state index in [9.17, 15) is 10.1 Å². The predicted octanol–water partition coefficient (Wildman–Crippen LogP) is 6.94. The van der Waals surface area contributed by atoms with Crippen molar-refractivity contribution in [3.63, 3.8) is 0 Å². The van der Waals surface area contributed by atoms with Gasteiger partial charge < -0.3 is 0 Å². The van der Waals surface area contributed by atoms with Crippen molar-refractivity contribution in [1.82, 2.24) is 4.98 Å². The van der Waals surface area contributed by atoms with Crippen LogP contribution in [0.3, 0.4) is 0 Å². The van der Waals surface area contributed by atoms with Gasteiger partial charge in [-0.25, -0.2) is 4.98 Å². The van der Waals surface area contributed by atoms with Crippen molar-refractivity contribution >= 4 is 52.1 Å². The molecule has 0 atom stereocenters. The van der Waals surface area contributed by atoms with Crippen LogP contribution in [0.4, 0.5) is 5.69 Å². The molecule has 0 aliphatic rings. The summed E-state index contributed by atoms with van der Waals surface area (Å²) in [4.78, 5) is 14.9. The van der Waals surface area contributed by atoms with Crippen LogP contribution in [0.25, 0.3) is 22.4 Å². The van der Waals surface area contributed by atoms with Gasteiger partial charge in [-0.2, -0.15) is 0 Å². The van der Waals surface area contributed by atoms with E-state index in [-0.39, 0.29) is 5.69 Å². The number of nitro groups is 1. The number of hydrogen-bond donors (Lipinski definition) is 0. The molecule has 25 heavy (non-hydrogen) atoms. The minimum Gasteiger partial charge on any atom is -0.258 e. The zero-order chi connectivity index (χ0) is 18.1. The van der Waals surface area contributed by atoms with Gasteiger partial charge in [-0.15, -0.1) is 0 Å². The van der Waals surface area contributed by atoms with Gasteiger partial charge in [0.05, 0.1) is 30.7 Å². The van der Waals surface area contributed by atoms with Crippen LogP contribution in [0.15, 0.2) is 48.7 Å². The highest BCUT2D eigenvalue weighted by molar-refractivity contribution is 6.42. The molecule has 3 rings (SSSR count). The summed E-state index contributed by atoms with van der Waals surface area (Å²) in [5.74, 6) is 0. The number of halogens is 4. The van der Waals surface area contributed by atoms with Crippen molar-refractivity contribution in [3.05, 3.63) is 78.9 Å². The lowest BCUT2D eigenvalue weighted by atomic mass is 9.99. The zero-order valence-corrected chi connectivity index (χ0v) is 15.4. The van der Waals surface area contributed by atoms with Crippen molar-refractivity contribution in [2.45, 2.75) is 0 Å². The van der Waals surface area contributed by atoms with Crippen LogP contribution in [0, 0.1) is 10.1 Å². The fraction of sp³-hybridized carbons (Fsp3) is 0. The summed E-state index contributed by atoms with van der Waals surface area (Å²) < 4.78 is 0. The Morgan fingerprint density at radius 1 is 0.800 bits per heavy atom. The Kier molecular flexibility index (Phi) is 5.16. The van der Waals surface area contributed by atoms with Gasteiger partial charge in [-0.1, -0.05) is 58.5 Å². The van der Waals surface area contributed by atoms with E-state index in [1.165, 1.54) is 12.3 Å². The molecule has 1 heterocycles. The molecule has 0 unspecified atom stereocenters. The zero-order valence-electron chi connectivity index (χ0n) is 12.3. The lowest BCUT2D eigenvalue weighted by Gasteiger charge is -2.11. The summed E-state index contributed by atoms with van der Waals surface area (Å²) in [6.45, 7) is 0. The molecule has 0 N–H and O–H groups in total. The van der Waals surface area contributed by atoms with Crippen LogP contribution in [0.1, 0.15) is 0 Å². The first-order valence-electron chi connectivity index (χ1n) is 6.92. The Labute approximate surface area is 163 Å². The molecule has 0 aliphatic carbocycles. The summed E-state index contributed by atoms with van der Waals surface area (Å²) >= 11 is 24.1. The summed E-state index contributed by atoms with van der Waals surface area (Å²) in [5, 5.41) is 12.6. The molecule has 0 radical (unpaired) electrons. The topological polar surface area (TPSA) is 56.0 Å². The van der Waals surface area contributed by atoms with Crippen LogP contribution in [0.2, 0.25) is 20.1 Å². The molecule has 0 amide bonds. The Morgan fingerprint density at radius 3 is 1.92 bits per heavy atom. The Morgan fingerprint density at radius 2 is 1.36 bits per heavy atom.